The van der Waals surface area contributed by atoms with Crippen molar-refractivity contribution in [3.05, 3.63) is 42.0 Å². The number of carbonyl (C=O) groups is 2. The molecule has 0 aliphatic carbocycles. The second-order valence-corrected chi connectivity index (χ2v) is 8.87. The van der Waals surface area contributed by atoms with Crippen LogP contribution in [-0.4, -0.2) is 44.8 Å². The van der Waals surface area contributed by atoms with Crippen molar-refractivity contribution < 1.29 is 28.5 Å². The maximum Gasteiger partial charge on any atom is 0.227 e. The third-order valence-electron chi connectivity index (χ3n) is 6.22. The highest BCUT2D eigenvalue weighted by atomic mass is 16.6. The minimum atomic E-state index is -0.427. The van der Waals surface area contributed by atoms with Gasteiger partial charge in [0, 0.05) is 24.7 Å². The third kappa shape index (κ3) is 4.29. The van der Waals surface area contributed by atoms with Crippen LogP contribution in [0, 0.1) is 11.8 Å². The minimum absolute atomic E-state index is 0.0766. The zero-order valence-electron chi connectivity index (χ0n) is 18.8. The normalized spacial score (nSPS) is 20.0. The first kappa shape index (κ1) is 21.4. The predicted octanol–water partition coefficient (Wildman–Crippen LogP) is 3.10. The number of hydrogen-bond acceptors (Lipinski definition) is 6. The van der Waals surface area contributed by atoms with Gasteiger partial charge >= 0.3 is 0 Å². The summed E-state index contributed by atoms with van der Waals surface area (Å²) in [5.74, 6) is 2.23. The number of nitrogens with one attached hydrogen (secondary N) is 1. The number of rotatable bonds is 5. The van der Waals surface area contributed by atoms with Gasteiger partial charge < -0.3 is 29.2 Å². The Labute approximate surface area is 192 Å². The molecule has 0 bridgehead atoms. The Balaban J connectivity index is 1.29. The standard InChI is InChI=1S/C25H28N2O6/c1-15(2)24(16-3-5-19-21(11-16)32-9-7-30-19)26-25(29)17-12-23(28)27(14-17)18-4-6-20-22(13-18)33-10-8-31-20/h3-6,11,13,15,17,24H,7-10,12,14H2,1-2H3,(H,26,29). The molecule has 33 heavy (non-hydrogen) atoms. The lowest BCUT2D eigenvalue weighted by Crippen LogP contribution is -2.37. The lowest BCUT2D eigenvalue weighted by Gasteiger charge is -2.26. The van der Waals surface area contributed by atoms with E-state index in [1.807, 2.05) is 24.3 Å². The van der Waals surface area contributed by atoms with Crippen LogP contribution in [0.4, 0.5) is 5.69 Å². The summed E-state index contributed by atoms with van der Waals surface area (Å²) < 4.78 is 22.5. The first-order valence-corrected chi connectivity index (χ1v) is 11.4. The Morgan fingerprint density at radius 1 is 0.909 bits per heavy atom. The molecule has 0 saturated carbocycles. The van der Waals surface area contributed by atoms with Crippen LogP contribution in [0.2, 0.25) is 0 Å². The van der Waals surface area contributed by atoms with Gasteiger partial charge in [-0.25, -0.2) is 0 Å². The molecule has 1 N–H and O–H groups in total. The minimum Gasteiger partial charge on any atom is -0.486 e. The first-order chi connectivity index (χ1) is 16.0. The Hall–Kier alpha value is -3.42. The van der Waals surface area contributed by atoms with Crippen molar-refractivity contribution >= 4 is 17.5 Å². The maximum absolute atomic E-state index is 13.2. The van der Waals surface area contributed by atoms with Crippen molar-refractivity contribution in [2.24, 2.45) is 11.8 Å². The van der Waals surface area contributed by atoms with Crippen LogP contribution >= 0.6 is 0 Å². The highest BCUT2D eigenvalue weighted by Gasteiger charge is 2.37. The van der Waals surface area contributed by atoms with Gasteiger partial charge in [0.25, 0.3) is 0 Å². The van der Waals surface area contributed by atoms with Crippen LogP contribution in [0.25, 0.3) is 0 Å². The van der Waals surface area contributed by atoms with Gasteiger partial charge in [-0.15, -0.1) is 0 Å². The number of ether oxygens (including phenoxy) is 4. The molecule has 8 heteroatoms. The van der Waals surface area contributed by atoms with Gasteiger partial charge in [0.2, 0.25) is 11.8 Å². The van der Waals surface area contributed by atoms with Crippen LogP contribution in [0.15, 0.2) is 36.4 Å². The number of carbonyl (C=O) groups excluding carboxylic acids is 2. The van der Waals surface area contributed by atoms with E-state index in [0.717, 1.165) is 11.3 Å². The Morgan fingerprint density at radius 3 is 2.18 bits per heavy atom. The highest BCUT2D eigenvalue weighted by molar-refractivity contribution is 6.00. The van der Waals surface area contributed by atoms with Gasteiger partial charge in [0.05, 0.1) is 12.0 Å². The number of anilines is 1. The molecule has 3 aliphatic heterocycles. The molecule has 3 aliphatic rings. The predicted molar refractivity (Wildman–Crippen MR) is 121 cm³/mol. The largest absolute Gasteiger partial charge is 0.486 e. The van der Waals surface area contributed by atoms with Gasteiger partial charge in [-0.2, -0.15) is 0 Å². The van der Waals surface area contributed by atoms with Crippen LogP contribution in [0.5, 0.6) is 23.0 Å². The van der Waals surface area contributed by atoms with E-state index in [-0.39, 0.29) is 30.2 Å². The zero-order valence-corrected chi connectivity index (χ0v) is 18.8. The Bertz CT molecular complexity index is 1070. The van der Waals surface area contributed by atoms with Crippen molar-refractivity contribution in [1.82, 2.24) is 5.32 Å². The fourth-order valence-electron chi connectivity index (χ4n) is 4.49. The molecule has 174 valence electrons. The van der Waals surface area contributed by atoms with Crippen molar-refractivity contribution in [3.63, 3.8) is 0 Å². The second-order valence-electron chi connectivity index (χ2n) is 8.87. The molecule has 2 atom stereocenters. The van der Waals surface area contributed by atoms with Gasteiger partial charge in [0.1, 0.15) is 26.4 Å². The van der Waals surface area contributed by atoms with Crippen molar-refractivity contribution in [2.75, 3.05) is 37.9 Å². The van der Waals surface area contributed by atoms with Gasteiger partial charge in [-0.1, -0.05) is 19.9 Å². The quantitative estimate of drug-likeness (QED) is 0.750. The SMILES string of the molecule is CC(C)C(NC(=O)C1CC(=O)N(c2ccc3c(c2)OCCO3)C1)c1ccc2c(c1)OCCO2. The number of hydrogen-bond donors (Lipinski definition) is 1. The molecule has 2 amide bonds. The summed E-state index contributed by atoms with van der Waals surface area (Å²) >= 11 is 0. The molecule has 2 aromatic carbocycles. The molecule has 3 heterocycles. The topological polar surface area (TPSA) is 86.3 Å². The summed E-state index contributed by atoms with van der Waals surface area (Å²) in [6.45, 7) is 6.48. The zero-order chi connectivity index (χ0) is 22.9. The molecule has 8 nitrogen and oxygen atoms in total. The Morgan fingerprint density at radius 2 is 1.52 bits per heavy atom. The third-order valence-corrected chi connectivity index (χ3v) is 6.22. The maximum atomic E-state index is 13.2. The molecule has 5 rings (SSSR count). The monoisotopic (exact) mass is 452 g/mol. The Kier molecular flexibility index (Phi) is 5.74. The van der Waals surface area contributed by atoms with E-state index >= 15 is 0 Å². The van der Waals surface area contributed by atoms with E-state index in [0.29, 0.717) is 55.9 Å². The molecule has 0 radical (unpaired) electrons. The van der Waals surface area contributed by atoms with E-state index in [1.54, 1.807) is 17.0 Å². The van der Waals surface area contributed by atoms with Crippen LogP contribution in [0.1, 0.15) is 31.9 Å². The highest BCUT2D eigenvalue weighted by Crippen LogP contribution is 2.37. The molecule has 1 fully saturated rings. The lowest BCUT2D eigenvalue weighted by molar-refractivity contribution is -0.127. The molecule has 2 unspecified atom stereocenters. The van der Waals surface area contributed by atoms with Gasteiger partial charge in [-0.05, 0) is 35.7 Å². The smallest absolute Gasteiger partial charge is 0.227 e. The number of fused-ring (bicyclic) bond motifs is 2. The molecule has 0 spiro atoms. The summed E-state index contributed by atoms with van der Waals surface area (Å²) in [6.07, 6.45) is 0.173. The van der Waals surface area contributed by atoms with E-state index < -0.39 is 5.92 Å². The van der Waals surface area contributed by atoms with Crippen LogP contribution < -0.4 is 29.2 Å². The summed E-state index contributed by atoms with van der Waals surface area (Å²) in [4.78, 5) is 27.6. The van der Waals surface area contributed by atoms with Gasteiger partial charge in [0.15, 0.2) is 23.0 Å². The molecular formula is C25H28N2O6. The molecule has 1 saturated heterocycles. The first-order valence-electron chi connectivity index (χ1n) is 11.4. The van der Waals surface area contributed by atoms with E-state index in [1.165, 1.54) is 0 Å². The summed E-state index contributed by atoms with van der Waals surface area (Å²) in [7, 11) is 0. The lowest BCUT2D eigenvalue weighted by atomic mass is 9.94. The van der Waals surface area contributed by atoms with Crippen LogP contribution in [0.3, 0.4) is 0 Å². The van der Waals surface area contributed by atoms with Crippen LogP contribution in [-0.2, 0) is 9.59 Å². The molecule has 0 aromatic heterocycles. The summed E-state index contributed by atoms with van der Waals surface area (Å²) in [5, 5.41) is 3.17. The number of amides is 2. The fraction of sp³-hybridized carbons (Fsp3) is 0.440. The average molecular weight is 453 g/mol. The second kappa shape index (κ2) is 8.84. The van der Waals surface area contributed by atoms with E-state index in [2.05, 4.69) is 19.2 Å². The number of benzene rings is 2. The average Bonchev–Trinajstić information content (AvgIpc) is 3.23. The fourth-order valence-corrected chi connectivity index (χ4v) is 4.49. The summed E-state index contributed by atoms with van der Waals surface area (Å²) in [5.41, 5.74) is 1.67. The van der Waals surface area contributed by atoms with Crippen molar-refractivity contribution in [3.8, 4) is 23.0 Å². The van der Waals surface area contributed by atoms with E-state index in [9.17, 15) is 9.59 Å². The number of nitrogens with zero attached hydrogens (tertiary/aromatic N) is 1. The van der Waals surface area contributed by atoms with Gasteiger partial charge in [-0.3, -0.25) is 9.59 Å². The molecule has 2 aromatic rings. The van der Waals surface area contributed by atoms with Crippen molar-refractivity contribution in [2.45, 2.75) is 26.3 Å². The molecular weight excluding hydrogens is 424 g/mol. The van der Waals surface area contributed by atoms with Crippen molar-refractivity contribution in [1.29, 1.82) is 0 Å². The van der Waals surface area contributed by atoms with E-state index in [4.69, 9.17) is 18.9 Å². The summed E-state index contributed by atoms with van der Waals surface area (Å²) in [6, 6.07) is 11.0.